The highest BCUT2D eigenvalue weighted by atomic mass is 16.6. The molecule has 15 heavy (non-hydrogen) atoms. The van der Waals surface area contributed by atoms with E-state index in [4.69, 9.17) is 14.5 Å². The van der Waals surface area contributed by atoms with Gasteiger partial charge in [-0.15, -0.1) is 10.2 Å². The zero-order chi connectivity index (χ0) is 10.7. The van der Waals surface area contributed by atoms with Gasteiger partial charge in [-0.25, -0.2) is 0 Å². The third-order valence-electron chi connectivity index (χ3n) is 1.70. The maximum atomic E-state index is 8.55. The van der Waals surface area contributed by atoms with Crippen LogP contribution in [0.3, 0.4) is 0 Å². The highest BCUT2D eigenvalue weighted by Gasteiger charge is 2.11. The average molecular weight is 206 g/mol. The van der Waals surface area contributed by atoms with Gasteiger partial charge in [-0.2, -0.15) is 0 Å². The highest BCUT2D eigenvalue weighted by molar-refractivity contribution is 6.33. The first-order valence-electron chi connectivity index (χ1n) is 4.15. The first kappa shape index (κ1) is 9.69. The Bertz CT molecular complexity index is 415. The standard InChI is InChI=1S/C8H7BN2O4/c12-9(13)15-7-3-1-6(2-4-7)8-11-10-5-14-8/h1-5,12-13H. The molecule has 0 fully saturated rings. The molecule has 0 unspecified atom stereocenters. The van der Waals surface area contributed by atoms with E-state index in [1.54, 1.807) is 24.3 Å². The maximum absolute atomic E-state index is 8.55. The lowest BCUT2D eigenvalue weighted by Gasteiger charge is -2.03. The van der Waals surface area contributed by atoms with Gasteiger partial charge < -0.3 is 19.1 Å². The zero-order valence-corrected chi connectivity index (χ0v) is 7.57. The number of hydrogen-bond donors (Lipinski definition) is 2. The molecule has 0 amide bonds. The minimum Gasteiger partial charge on any atom is -0.512 e. The Kier molecular flexibility index (Phi) is 2.66. The Balaban J connectivity index is 2.17. The van der Waals surface area contributed by atoms with E-state index in [1.165, 1.54) is 6.39 Å². The van der Waals surface area contributed by atoms with Crippen LogP contribution in [0.5, 0.6) is 5.75 Å². The van der Waals surface area contributed by atoms with Gasteiger partial charge in [0.05, 0.1) is 0 Å². The van der Waals surface area contributed by atoms with E-state index in [9.17, 15) is 0 Å². The molecule has 0 saturated carbocycles. The molecule has 2 aromatic rings. The molecular formula is C8H7BN2O4. The van der Waals surface area contributed by atoms with Crippen molar-refractivity contribution in [1.82, 2.24) is 10.2 Å². The quantitative estimate of drug-likeness (QED) is 0.691. The Morgan fingerprint density at radius 1 is 1.20 bits per heavy atom. The Morgan fingerprint density at radius 3 is 2.47 bits per heavy atom. The van der Waals surface area contributed by atoms with Crippen LogP contribution in [0.25, 0.3) is 11.5 Å². The predicted molar refractivity (Wildman–Crippen MR) is 50.6 cm³/mol. The van der Waals surface area contributed by atoms with E-state index >= 15 is 0 Å². The molecule has 0 spiro atoms. The van der Waals surface area contributed by atoms with Crippen LogP contribution in [0.15, 0.2) is 35.1 Å². The van der Waals surface area contributed by atoms with Crippen LogP contribution in [0.1, 0.15) is 0 Å². The first-order chi connectivity index (χ1) is 7.25. The molecule has 0 bridgehead atoms. The van der Waals surface area contributed by atoms with Gasteiger partial charge in [-0.1, -0.05) is 0 Å². The van der Waals surface area contributed by atoms with Gasteiger partial charge in [0.1, 0.15) is 5.75 Å². The lowest BCUT2D eigenvalue weighted by atomic mass is 10.2. The Morgan fingerprint density at radius 2 is 1.93 bits per heavy atom. The van der Waals surface area contributed by atoms with Crippen LogP contribution in [0.2, 0.25) is 0 Å². The van der Waals surface area contributed by atoms with E-state index in [0.717, 1.165) is 5.56 Å². The largest absolute Gasteiger partial charge is 0.707 e. The molecule has 1 aromatic carbocycles. The molecule has 76 valence electrons. The van der Waals surface area contributed by atoms with E-state index in [2.05, 4.69) is 14.9 Å². The summed E-state index contributed by atoms with van der Waals surface area (Å²) in [4.78, 5) is 0. The minimum atomic E-state index is -1.82. The third-order valence-corrected chi connectivity index (χ3v) is 1.70. The summed E-state index contributed by atoms with van der Waals surface area (Å²) < 4.78 is 9.61. The molecule has 0 atom stereocenters. The van der Waals surface area contributed by atoms with E-state index in [-0.39, 0.29) is 0 Å². The lowest BCUT2D eigenvalue weighted by Crippen LogP contribution is -2.20. The summed E-state index contributed by atoms with van der Waals surface area (Å²) >= 11 is 0. The summed E-state index contributed by atoms with van der Waals surface area (Å²) in [6.45, 7) is 0. The molecule has 0 aliphatic carbocycles. The summed E-state index contributed by atoms with van der Waals surface area (Å²) in [6.07, 6.45) is 1.23. The smallest absolute Gasteiger partial charge is 0.512 e. The second-order valence-corrected chi connectivity index (χ2v) is 2.71. The fourth-order valence-corrected chi connectivity index (χ4v) is 1.10. The molecule has 6 nitrogen and oxygen atoms in total. The van der Waals surface area contributed by atoms with Crippen molar-refractivity contribution < 1.29 is 19.1 Å². The van der Waals surface area contributed by atoms with Gasteiger partial charge in [-0.05, 0) is 24.3 Å². The number of aromatic nitrogens is 2. The van der Waals surface area contributed by atoms with Gasteiger partial charge in [0, 0.05) is 5.56 Å². The van der Waals surface area contributed by atoms with Crippen molar-refractivity contribution in [2.75, 3.05) is 0 Å². The molecule has 1 heterocycles. The van der Waals surface area contributed by atoms with Crippen molar-refractivity contribution in [3.63, 3.8) is 0 Å². The third kappa shape index (κ3) is 2.33. The summed E-state index contributed by atoms with van der Waals surface area (Å²) in [5, 5.41) is 24.4. The van der Waals surface area contributed by atoms with Gasteiger partial charge >= 0.3 is 7.32 Å². The number of benzene rings is 1. The fraction of sp³-hybridized carbons (Fsp3) is 0. The van der Waals surface area contributed by atoms with E-state index in [0.29, 0.717) is 11.6 Å². The zero-order valence-electron chi connectivity index (χ0n) is 7.57. The summed E-state index contributed by atoms with van der Waals surface area (Å²) in [5.74, 6) is 0.736. The van der Waals surface area contributed by atoms with Gasteiger partial charge in [0.25, 0.3) is 0 Å². The van der Waals surface area contributed by atoms with Crippen molar-refractivity contribution in [2.24, 2.45) is 0 Å². The van der Waals surface area contributed by atoms with Crippen molar-refractivity contribution in [3.05, 3.63) is 30.7 Å². The molecule has 2 N–H and O–H groups in total. The SMILES string of the molecule is OB(O)Oc1ccc(-c2nnco2)cc1. The Hall–Kier alpha value is -1.86. The molecule has 0 aliphatic heterocycles. The molecular weight excluding hydrogens is 199 g/mol. The predicted octanol–water partition coefficient (Wildman–Crippen LogP) is 0.0849. The summed E-state index contributed by atoms with van der Waals surface area (Å²) in [6, 6.07) is 6.48. The summed E-state index contributed by atoms with van der Waals surface area (Å²) in [5.41, 5.74) is 0.729. The average Bonchev–Trinajstić information content (AvgIpc) is 2.71. The van der Waals surface area contributed by atoms with Crippen LogP contribution in [0, 0.1) is 0 Å². The fourth-order valence-electron chi connectivity index (χ4n) is 1.10. The highest BCUT2D eigenvalue weighted by Crippen LogP contribution is 2.19. The van der Waals surface area contributed by atoms with Gasteiger partial charge in [0.15, 0.2) is 0 Å². The van der Waals surface area contributed by atoms with E-state index in [1.807, 2.05) is 0 Å². The number of nitrogens with zero attached hydrogens (tertiary/aromatic N) is 2. The van der Waals surface area contributed by atoms with E-state index < -0.39 is 7.32 Å². The molecule has 0 saturated heterocycles. The second-order valence-electron chi connectivity index (χ2n) is 2.71. The minimum absolute atomic E-state index is 0.341. The van der Waals surface area contributed by atoms with Crippen molar-refractivity contribution in [1.29, 1.82) is 0 Å². The van der Waals surface area contributed by atoms with Crippen molar-refractivity contribution in [3.8, 4) is 17.2 Å². The molecule has 1 aromatic heterocycles. The van der Waals surface area contributed by atoms with Crippen molar-refractivity contribution >= 4 is 7.32 Å². The first-order valence-corrected chi connectivity index (χ1v) is 4.15. The lowest BCUT2D eigenvalue weighted by molar-refractivity contribution is 0.288. The van der Waals surface area contributed by atoms with Crippen molar-refractivity contribution in [2.45, 2.75) is 0 Å². The second kappa shape index (κ2) is 4.12. The number of rotatable bonds is 3. The van der Waals surface area contributed by atoms with Crippen LogP contribution < -0.4 is 4.65 Å². The van der Waals surface area contributed by atoms with Gasteiger partial charge in [0.2, 0.25) is 12.3 Å². The monoisotopic (exact) mass is 206 g/mol. The molecule has 0 aliphatic rings. The Labute approximate surface area is 85.3 Å². The van der Waals surface area contributed by atoms with Gasteiger partial charge in [-0.3, -0.25) is 0 Å². The topological polar surface area (TPSA) is 88.6 Å². The molecule has 2 rings (SSSR count). The molecule has 7 heteroatoms. The maximum Gasteiger partial charge on any atom is 0.707 e. The normalized spacial score (nSPS) is 10.0. The summed E-state index contributed by atoms with van der Waals surface area (Å²) in [7, 11) is -1.82. The van der Waals surface area contributed by atoms with Crippen LogP contribution >= 0.6 is 0 Å². The number of hydrogen-bond acceptors (Lipinski definition) is 6. The van der Waals surface area contributed by atoms with Crippen LogP contribution in [-0.2, 0) is 0 Å². The van der Waals surface area contributed by atoms with Crippen LogP contribution in [-0.4, -0.2) is 27.6 Å². The molecule has 0 radical (unpaired) electrons. The van der Waals surface area contributed by atoms with Crippen LogP contribution in [0.4, 0.5) is 0 Å².